The first kappa shape index (κ1) is 17.2. The van der Waals surface area contributed by atoms with Gasteiger partial charge >= 0.3 is 6.18 Å². The van der Waals surface area contributed by atoms with Gasteiger partial charge in [0, 0.05) is 31.8 Å². The Labute approximate surface area is 141 Å². The SMILES string of the molecule is CC(=O)N1CC(Nc2cc(=O)n3ccccc3n2)CCC1C(F)(F)F. The quantitative estimate of drug-likeness (QED) is 0.896. The van der Waals surface area contributed by atoms with Gasteiger partial charge in [-0.3, -0.25) is 14.0 Å². The number of anilines is 1. The van der Waals surface area contributed by atoms with E-state index < -0.39 is 24.2 Å². The molecule has 2 atom stereocenters. The molecule has 0 saturated carbocycles. The Kier molecular flexibility index (Phi) is 4.40. The van der Waals surface area contributed by atoms with Crippen molar-refractivity contribution in [3.8, 4) is 0 Å². The van der Waals surface area contributed by atoms with Gasteiger partial charge in [0.1, 0.15) is 17.5 Å². The van der Waals surface area contributed by atoms with E-state index in [9.17, 15) is 22.8 Å². The summed E-state index contributed by atoms with van der Waals surface area (Å²) in [5.41, 5.74) is 0.144. The van der Waals surface area contributed by atoms with E-state index in [0.29, 0.717) is 5.65 Å². The Balaban J connectivity index is 1.80. The number of alkyl halides is 3. The van der Waals surface area contributed by atoms with Crippen LogP contribution in [0.5, 0.6) is 0 Å². The monoisotopic (exact) mass is 354 g/mol. The number of halogens is 3. The van der Waals surface area contributed by atoms with Gasteiger partial charge in [-0.1, -0.05) is 6.07 Å². The van der Waals surface area contributed by atoms with Crippen LogP contribution >= 0.6 is 0 Å². The number of pyridine rings is 1. The van der Waals surface area contributed by atoms with Crippen molar-refractivity contribution in [1.29, 1.82) is 0 Å². The topological polar surface area (TPSA) is 66.7 Å². The number of nitrogens with zero attached hydrogens (tertiary/aromatic N) is 3. The fourth-order valence-electron chi connectivity index (χ4n) is 3.11. The van der Waals surface area contributed by atoms with Crippen molar-refractivity contribution < 1.29 is 18.0 Å². The molecule has 0 bridgehead atoms. The number of fused-ring (bicyclic) bond motifs is 1. The standard InChI is InChI=1S/C16H17F3N4O2/c1-10(24)23-9-11(5-6-12(23)16(17,18)19)20-13-8-15(25)22-7-3-2-4-14(22)21-13/h2-4,7-8,11-12,20H,5-6,9H2,1H3. The van der Waals surface area contributed by atoms with Crippen LogP contribution in [-0.4, -0.2) is 45.0 Å². The number of carbonyl (C=O) groups is 1. The third-order valence-corrected chi connectivity index (χ3v) is 4.29. The lowest BCUT2D eigenvalue weighted by Gasteiger charge is -2.40. The van der Waals surface area contributed by atoms with E-state index in [1.807, 2.05) is 0 Å². The molecule has 2 aromatic rings. The molecular formula is C16H17F3N4O2. The average molecular weight is 354 g/mol. The summed E-state index contributed by atoms with van der Waals surface area (Å²) in [6, 6.07) is 4.22. The number of aromatic nitrogens is 2. The number of carbonyl (C=O) groups excluding carboxylic acids is 1. The van der Waals surface area contributed by atoms with Gasteiger partial charge in [0.05, 0.1) is 0 Å². The molecular weight excluding hydrogens is 337 g/mol. The summed E-state index contributed by atoms with van der Waals surface area (Å²) < 4.78 is 40.6. The number of piperidine rings is 1. The first-order valence-electron chi connectivity index (χ1n) is 7.84. The first-order chi connectivity index (χ1) is 11.8. The van der Waals surface area contributed by atoms with Crippen molar-refractivity contribution in [2.45, 2.75) is 38.0 Å². The lowest BCUT2D eigenvalue weighted by molar-refractivity contribution is -0.195. The van der Waals surface area contributed by atoms with Gasteiger partial charge < -0.3 is 10.2 Å². The molecule has 0 aliphatic carbocycles. The summed E-state index contributed by atoms with van der Waals surface area (Å²) in [4.78, 5) is 28.8. The van der Waals surface area contributed by atoms with E-state index in [-0.39, 0.29) is 30.8 Å². The maximum atomic E-state index is 13.1. The second kappa shape index (κ2) is 6.38. The summed E-state index contributed by atoms with van der Waals surface area (Å²) in [5.74, 6) is -0.337. The molecule has 1 amide bonds. The van der Waals surface area contributed by atoms with Crippen LogP contribution in [0, 0.1) is 0 Å². The van der Waals surface area contributed by atoms with E-state index in [4.69, 9.17) is 0 Å². The molecule has 25 heavy (non-hydrogen) atoms. The molecule has 0 radical (unpaired) electrons. The van der Waals surface area contributed by atoms with Crippen LogP contribution in [0.2, 0.25) is 0 Å². The highest BCUT2D eigenvalue weighted by Gasteiger charge is 2.47. The van der Waals surface area contributed by atoms with E-state index in [1.165, 1.54) is 10.5 Å². The summed E-state index contributed by atoms with van der Waals surface area (Å²) in [6.07, 6.45) is -2.83. The minimum absolute atomic E-state index is 0.0879. The molecule has 2 unspecified atom stereocenters. The highest BCUT2D eigenvalue weighted by molar-refractivity contribution is 5.74. The van der Waals surface area contributed by atoms with Crippen LogP contribution in [-0.2, 0) is 4.79 Å². The largest absolute Gasteiger partial charge is 0.408 e. The predicted molar refractivity (Wildman–Crippen MR) is 85.3 cm³/mol. The molecule has 3 heterocycles. The van der Waals surface area contributed by atoms with Gasteiger partial charge in [-0.25, -0.2) is 4.98 Å². The number of rotatable bonds is 2. The maximum Gasteiger partial charge on any atom is 0.408 e. The number of amides is 1. The first-order valence-corrected chi connectivity index (χ1v) is 7.84. The number of hydrogen-bond acceptors (Lipinski definition) is 4. The third kappa shape index (κ3) is 3.59. The summed E-state index contributed by atoms with van der Waals surface area (Å²) in [6.45, 7) is 1.04. The van der Waals surface area contributed by atoms with E-state index >= 15 is 0 Å². The van der Waals surface area contributed by atoms with Gasteiger partial charge in [0.25, 0.3) is 5.56 Å². The van der Waals surface area contributed by atoms with Crippen LogP contribution in [0.15, 0.2) is 35.3 Å². The van der Waals surface area contributed by atoms with E-state index in [2.05, 4.69) is 10.3 Å². The summed E-state index contributed by atoms with van der Waals surface area (Å²) >= 11 is 0. The normalized spacial score (nSPS) is 21.4. The minimum Gasteiger partial charge on any atom is -0.365 e. The van der Waals surface area contributed by atoms with Crippen LogP contribution in [0.4, 0.5) is 19.0 Å². The van der Waals surface area contributed by atoms with Crippen LogP contribution in [0.25, 0.3) is 5.65 Å². The maximum absolute atomic E-state index is 13.1. The molecule has 1 saturated heterocycles. The van der Waals surface area contributed by atoms with Crippen molar-refractivity contribution in [1.82, 2.24) is 14.3 Å². The lowest BCUT2D eigenvalue weighted by atomic mass is 9.97. The van der Waals surface area contributed by atoms with Gasteiger partial charge in [-0.2, -0.15) is 13.2 Å². The van der Waals surface area contributed by atoms with Gasteiger partial charge in [0.15, 0.2) is 0 Å². The Bertz CT molecular complexity index is 849. The molecule has 9 heteroatoms. The molecule has 1 N–H and O–H groups in total. The summed E-state index contributed by atoms with van der Waals surface area (Å²) in [7, 11) is 0. The van der Waals surface area contributed by atoms with Gasteiger partial charge in [0.2, 0.25) is 5.91 Å². The second-order valence-electron chi connectivity index (χ2n) is 6.06. The molecule has 0 spiro atoms. The lowest BCUT2D eigenvalue weighted by Crippen LogP contribution is -2.55. The molecule has 3 rings (SSSR count). The Morgan fingerprint density at radius 1 is 1.32 bits per heavy atom. The fraction of sp³-hybridized carbons (Fsp3) is 0.438. The van der Waals surface area contributed by atoms with Gasteiger partial charge in [-0.05, 0) is 25.0 Å². The van der Waals surface area contributed by atoms with Crippen molar-refractivity contribution in [2.75, 3.05) is 11.9 Å². The zero-order chi connectivity index (χ0) is 18.2. The fourth-order valence-corrected chi connectivity index (χ4v) is 3.11. The van der Waals surface area contributed by atoms with Crippen molar-refractivity contribution in [3.63, 3.8) is 0 Å². The minimum atomic E-state index is -4.45. The molecule has 6 nitrogen and oxygen atoms in total. The average Bonchev–Trinajstić information content (AvgIpc) is 2.54. The van der Waals surface area contributed by atoms with Crippen LogP contribution in [0.1, 0.15) is 19.8 Å². The molecule has 134 valence electrons. The molecule has 0 aromatic carbocycles. The van der Waals surface area contributed by atoms with Gasteiger partial charge in [-0.15, -0.1) is 0 Å². The summed E-state index contributed by atoms with van der Waals surface area (Å²) in [5, 5.41) is 2.98. The van der Waals surface area contributed by atoms with E-state index in [1.54, 1.807) is 24.4 Å². The Morgan fingerprint density at radius 2 is 2.08 bits per heavy atom. The molecule has 1 fully saturated rings. The molecule has 1 aliphatic rings. The smallest absolute Gasteiger partial charge is 0.365 e. The molecule has 2 aromatic heterocycles. The number of likely N-dealkylation sites (tertiary alicyclic amines) is 1. The number of hydrogen-bond donors (Lipinski definition) is 1. The van der Waals surface area contributed by atoms with Crippen LogP contribution in [0.3, 0.4) is 0 Å². The highest BCUT2D eigenvalue weighted by atomic mass is 19.4. The zero-order valence-electron chi connectivity index (χ0n) is 13.5. The van der Waals surface area contributed by atoms with Crippen LogP contribution < -0.4 is 10.9 Å². The predicted octanol–water partition coefficient (Wildman–Crippen LogP) is 2.05. The molecule has 1 aliphatic heterocycles. The van der Waals surface area contributed by atoms with Crippen molar-refractivity contribution in [2.24, 2.45) is 0 Å². The number of nitrogens with one attached hydrogen (secondary N) is 1. The highest BCUT2D eigenvalue weighted by Crippen LogP contribution is 2.32. The Morgan fingerprint density at radius 3 is 2.76 bits per heavy atom. The van der Waals surface area contributed by atoms with Crippen molar-refractivity contribution >= 4 is 17.4 Å². The Hall–Kier alpha value is -2.58. The second-order valence-corrected chi connectivity index (χ2v) is 6.06. The van der Waals surface area contributed by atoms with Crippen molar-refractivity contribution in [3.05, 3.63) is 40.8 Å². The zero-order valence-corrected chi connectivity index (χ0v) is 13.5. The third-order valence-electron chi connectivity index (χ3n) is 4.29. The van der Waals surface area contributed by atoms with E-state index in [0.717, 1.165) is 11.8 Å².